The second kappa shape index (κ2) is 6.04. The third-order valence-corrected chi connectivity index (χ3v) is 3.13. The van der Waals surface area contributed by atoms with Crippen LogP contribution in [0.1, 0.15) is 29.0 Å². The number of carbonyl (C=O) groups excluding carboxylic acids is 1. The monoisotopic (exact) mass is 294 g/mol. The van der Waals surface area contributed by atoms with Crippen molar-refractivity contribution in [2.24, 2.45) is 0 Å². The Bertz CT molecular complexity index is 584. The fourth-order valence-electron chi connectivity index (χ4n) is 1.64. The number of amides is 1. The van der Waals surface area contributed by atoms with E-state index in [2.05, 4.69) is 10.3 Å². The van der Waals surface area contributed by atoms with Gasteiger partial charge in [0.15, 0.2) is 0 Å². The molecule has 0 saturated carbocycles. The van der Waals surface area contributed by atoms with Crippen LogP contribution in [-0.2, 0) is 0 Å². The average Bonchev–Trinajstić information content (AvgIpc) is 2.39. The number of nitrogens with one attached hydrogen (secondary N) is 1. The van der Waals surface area contributed by atoms with E-state index in [1.165, 1.54) is 0 Å². The van der Waals surface area contributed by atoms with E-state index in [0.717, 1.165) is 5.56 Å². The molecule has 0 aliphatic rings. The lowest BCUT2D eigenvalue weighted by Gasteiger charge is -2.14. The minimum atomic E-state index is -0.259. The zero-order chi connectivity index (χ0) is 13.8. The highest BCUT2D eigenvalue weighted by Gasteiger charge is 2.12. The van der Waals surface area contributed by atoms with E-state index in [1.54, 1.807) is 30.3 Å². The van der Waals surface area contributed by atoms with Gasteiger partial charge in [-0.15, -0.1) is 0 Å². The predicted molar refractivity (Wildman–Crippen MR) is 76.6 cm³/mol. The van der Waals surface area contributed by atoms with Crippen molar-refractivity contribution in [3.05, 3.63) is 63.9 Å². The highest BCUT2D eigenvalue weighted by Crippen LogP contribution is 2.16. The van der Waals surface area contributed by atoms with E-state index < -0.39 is 0 Å². The zero-order valence-corrected chi connectivity index (χ0v) is 11.7. The molecule has 1 heterocycles. The Morgan fingerprint density at radius 2 is 1.84 bits per heavy atom. The summed E-state index contributed by atoms with van der Waals surface area (Å²) in [6.45, 7) is 1.89. The van der Waals surface area contributed by atoms with Crippen LogP contribution in [0.4, 0.5) is 0 Å². The minimum Gasteiger partial charge on any atom is -0.344 e. The van der Waals surface area contributed by atoms with Crippen molar-refractivity contribution in [1.29, 1.82) is 0 Å². The molecule has 0 fully saturated rings. The Hall–Kier alpha value is -1.58. The second-order valence-corrected chi connectivity index (χ2v) is 4.92. The van der Waals surface area contributed by atoms with Crippen LogP contribution >= 0.6 is 23.2 Å². The zero-order valence-electron chi connectivity index (χ0n) is 10.2. The summed E-state index contributed by atoms with van der Waals surface area (Å²) in [6.07, 6.45) is 0. The van der Waals surface area contributed by atoms with E-state index in [9.17, 15) is 4.79 Å². The average molecular weight is 295 g/mol. The number of hydrogen-bond donors (Lipinski definition) is 1. The van der Waals surface area contributed by atoms with Gasteiger partial charge in [0, 0.05) is 5.02 Å². The molecule has 0 spiro atoms. The summed E-state index contributed by atoms with van der Waals surface area (Å²) in [7, 11) is 0. The molecule has 3 nitrogen and oxygen atoms in total. The Morgan fingerprint density at radius 3 is 2.47 bits per heavy atom. The number of pyridine rings is 1. The molecule has 0 radical (unpaired) electrons. The van der Waals surface area contributed by atoms with Crippen LogP contribution < -0.4 is 5.32 Å². The molecule has 2 aromatic rings. The smallest absolute Gasteiger partial charge is 0.270 e. The fourth-order valence-corrected chi connectivity index (χ4v) is 1.93. The van der Waals surface area contributed by atoms with Crippen LogP contribution in [0, 0.1) is 0 Å². The standard InChI is InChI=1S/C14H12Cl2N2O/c1-9(10-5-7-11(15)8-6-10)17-14(19)12-3-2-4-13(16)18-12/h2-9H,1H3,(H,17,19). The Morgan fingerprint density at radius 1 is 1.16 bits per heavy atom. The molecule has 0 aliphatic carbocycles. The maximum Gasteiger partial charge on any atom is 0.270 e. The summed E-state index contributed by atoms with van der Waals surface area (Å²) in [5.74, 6) is -0.259. The molecular weight excluding hydrogens is 283 g/mol. The van der Waals surface area contributed by atoms with Gasteiger partial charge >= 0.3 is 0 Å². The van der Waals surface area contributed by atoms with E-state index in [-0.39, 0.29) is 11.9 Å². The quantitative estimate of drug-likeness (QED) is 0.873. The Kier molecular flexibility index (Phi) is 4.40. The first kappa shape index (κ1) is 13.8. The van der Waals surface area contributed by atoms with Gasteiger partial charge < -0.3 is 5.32 Å². The predicted octanol–water partition coefficient (Wildman–Crippen LogP) is 3.88. The maximum atomic E-state index is 12.0. The molecule has 1 amide bonds. The minimum absolute atomic E-state index is 0.134. The summed E-state index contributed by atoms with van der Waals surface area (Å²) in [6, 6.07) is 12.1. The van der Waals surface area contributed by atoms with Crippen molar-refractivity contribution >= 4 is 29.1 Å². The summed E-state index contributed by atoms with van der Waals surface area (Å²) in [5.41, 5.74) is 1.27. The normalized spacial score (nSPS) is 11.9. The molecule has 1 unspecified atom stereocenters. The van der Waals surface area contributed by atoms with Gasteiger partial charge in [0.25, 0.3) is 5.91 Å². The first-order chi connectivity index (χ1) is 9.06. The lowest BCUT2D eigenvalue weighted by Crippen LogP contribution is -2.27. The number of nitrogens with zero attached hydrogens (tertiary/aromatic N) is 1. The van der Waals surface area contributed by atoms with E-state index >= 15 is 0 Å². The molecule has 1 aromatic heterocycles. The number of halogens is 2. The van der Waals surface area contributed by atoms with Crippen molar-refractivity contribution in [2.75, 3.05) is 0 Å². The number of benzene rings is 1. The van der Waals surface area contributed by atoms with Crippen LogP contribution in [0.25, 0.3) is 0 Å². The van der Waals surface area contributed by atoms with Gasteiger partial charge in [-0.05, 0) is 36.8 Å². The number of aromatic nitrogens is 1. The fraction of sp³-hybridized carbons (Fsp3) is 0.143. The summed E-state index contributed by atoms with van der Waals surface area (Å²) < 4.78 is 0. The van der Waals surface area contributed by atoms with Gasteiger partial charge in [-0.1, -0.05) is 41.4 Å². The maximum absolute atomic E-state index is 12.0. The van der Waals surface area contributed by atoms with Crippen molar-refractivity contribution in [3.63, 3.8) is 0 Å². The Balaban J connectivity index is 2.08. The summed E-state index contributed by atoms with van der Waals surface area (Å²) in [4.78, 5) is 16.0. The molecular formula is C14H12Cl2N2O. The molecule has 1 atom stereocenters. The van der Waals surface area contributed by atoms with Gasteiger partial charge in [0.1, 0.15) is 10.8 Å². The van der Waals surface area contributed by atoms with Crippen molar-refractivity contribution in [1.82, 2.24) is 10.3 Å². The van der Waals surface area contributed by atoms with E-state index in [1.807, 2.05) is 19.1 Å². The molecule has 1 aromatic carbocycles. The second-order valence-electron chi connectivity index (χ2n) is 4.09. The first-order valence-electron chi connectivity index (χ1n) is 5.75. The van der Waals surface area contributed by atoms with Crippen LogP contribution in [0.3, 0.4) is 0 Å². The third-order valence-electron chi connectivity index (χ3n) is 2.67. The largest absolute Gasteiger partial charge is 0.344 e. The topological polar surface area (TPSA) is 42.0 Å². The number of rotatable bonds is 3. The van der Waals surface area contributed by atoms with Gasteiger partial charge in [-0.2, -0.15) is 0 Å². The Labute approximate surface area is 121 Å². The molecule has 5 heteroatoms. The van der Waals surface area contributed by atoms with Crippen molar-refractivity contribution in [3.8, 4) is 0 Å². The molecule has 19 heavy (non-hydrogen) atoms. The van der Waals surface area contributed by atoms with Gasteiger partial charge in [-0.25, -0.2) is 4.98 Å². The molecule has 0 saturated heterocycles. The summed E-state index contributed by atoms with van der Waals surface area (Å²) >= 11 is 11.6. The van der Waals surface area contributed by atoms with Crippen LogP contribution in [0.5, 0.6) is 0 Å². The lowest BCUT2D eigenvalue weighted by molar-refractivity contribution is 0.0935. The SMILES string of the molecule is CC(NC(=O)c1cccc(Cl)n1)c1ccc(Cl)cc1. The highest BCUT2D eigenvalue weighted by atomic mass is 35.5. The first-order valence-corrected chi connectivity index (χ1v) is 6.51. The highest BCUT2D eigenvalue weighted by molar-refractivity contribution is 6.30. The van der Waals surface area contributed by atoms with Gasteiger partial charge in [0.05, 0.1) is 6.04 Å². The van der Waals surface area contributed by atoms with Crippen molar-refractivity contribution in [2.45, 2.75) is 13.0 Å². The molecule has 0 bridgehead atoms. The van der Waals surface area contributed by atoms with Crippen molar-refractivity contribution < 1.29 is 4.79 Å². The van der Waals surface area contributed by atoms with Gasteiger partial charge in [0.2, 0.25) is 0 Å². The van der Waals surface area contributed by atoms with Crippen LogP contribution in [0.15, 0.2) is 42.5 Å². The summed E-state index contributed by atoms with van der Waals surface area (Å²) in [5, 5.41) is 3.82. The third kappa shape index (κ3) is 3.69. The number of hydrogen-bond acceptors (Lipinski definition) is 2. The molecule has 0 aliphatic heterocycles. The molecule has 1 N–H and O–H groups in total. The number of carbonyl (C=O) groups is 1. The van der Waals surface area contributed by atoms with Crippen LogP contribution in [0.2, 0.25) is 10.2 Å². The van der Waals surface area contributed by atoms with Gasteiger partial charge in [-0.3, -0.25) is 4.79 Å². The van der Waals surface area contributed by atoms with E-state index in [0.29, 0.717) is 15.9 Å². The van der Waals surface area contributed by atoms with Crippen LogP contribution in [-0.4, -0.2) is 10.9 Å². The molecule has 98 valence electrons. The lowest BCUT2D eigenvalue weighted by atomic mass is 10.1. The molecule has 2 rings (SSSR count). The van der Waals surface area contributed by atoms with E-state index in [4.69, 9.17) is 23.2 Å².